The van der Waals surface area contributed by atoms with Crippen molar-refractivity contribution < 1.29 is 4.39 Å². The van der Waals surface area contributed by atoms with E-state index in [1.165, 1.54) is 6.07 Å². The Balaban J connectivity index is 1.66. The SMILES string of the molecule is C=C/C=C(C)\C(=C/C)c1ccc2[nH]nc(-c3cc4c(-c5ccccc5F)nccc4[nH]3)c2n1. The van der Waals surface area contributed by atoms with Crippen LogP contribution < -0.4 is 0 Å². The maximum Gasteiger partial charge on any atom is 0.135 e. The minimum absolute atomic E-state index is 0.307. The second-order valence-electron chi connectivity index (χ2n) is 7.74. The molecule has 0 saturated carbocycles. The van der Waals surface area contributed by atoms with Crippen molar-refractivity contribution in [3.05, 3.63) is 96.6 Å². The highest BCUT2D eigenvalue weighted by Gasteiger charge is 2.17. The number of pyridine rings is 2. The molecule has 0 spiro atoms. The Bertz CT molecular complexity index is 1570. The van der Waals surface area contributed by atoms with Gasteiger partial charge in [-0.25, -0.2) is 9.37 Å². The predicted molar refractivity (Wildman–Crippen MR) is 132 cm³/mol. The van der Waals surface area contributed by atoms with Gasteiger partial charge in [-0.05, 0) is 61.4 Å². The number of nitrogens with one attached hydrogen (secondary N) is 2. The second kappa shape index (κ2) is 8.31. The van der Waals surface area contributed by atoms with Crippen LogP contribution in [0.5, 0.6) is 0 Å². The fraction of sp³-hybridized carbons (Fsp3) is 0.0741. The summed E-state index contributed by atoms with van der Waals surface area (Å²) in [4.78, 5) is 12.8. The zero-order valence-corrected chi connectivity index (χ0v) is 18.4. The van der Waals surface area contributed by atoms with Gasteiger partial charge in [0.05, 0.1) is 22.6 Å². The molecular formula is C27H22FN5. The average molecular weight is 436 g/mol. The lowest BCUT2D eigenvalue weighted by Gasteiger charge is -2.07. The Labute approximate surface area is 190 Å². The van der Waals surface area contributed by atoms with Crippen LogP contribution in [0.25, 0.3) is 50.2 Å². The molecule has 0 aliphatic heterocycles. The molecule has 0 saturated heterocycles. The second-order valence-corrected chi connectivity index (χ2v) is 7.74. The minimum atomic E-state index is -0.307. The fourth-order valence-electron chi connectivity index (χ4n) is 4.13. The van der Waals surface area contributed by atoms with Crippen molar-refractivity contribution in [1.29, 1.82) is 0 Å². The van der Waals surface area contributed by atoms with E-state index in [0.717, 1.165) is 44.5 Å². The monoisotopic (exact) mass is 435 g/mol. The molecule has 162 valence electrons. The molecule has 33 heavy (non-hydrogen) atoms. The van der Waals surface area contributed by atoms with E-state index in [4.69, 9.17) is 4.98 Å². The minimum Gasteiger partial charge on any atom is -0.353 e. The number of aromatic nitrogens is 5. The summed E-state index contributed by atoms with van der Waals surface area (Å²) in [5, 5.41) is 8.41. The van der Waals surface area contributed by atoms with Crippen LogP contribution in [-0.4, -0.2) is 25.1 Å². The van der Waals surface area contributed by atoms with Gasteiger partial charge in [0.2, 0.25) is 0 Å². The average Bonchev–Trinajstić information content (AvgIpc) is 3.44. The van der Waals surface area contributed by atoms with Crippen LogP contribution >= 0.6 is 0 Å². The van der Waals surface area contributed by atoms with E-state index in [-0.39, 0.29) is 5.82 Å². The largest absolute Gasteiger partial charge is 0.353 e. The van der Waals surface area contributed by atoms with Gasteiger partial charge in [0.25, 0.3) is 0 Å². The molecule has 0 amide bonds. The third-order valence-electron chi connectivity index (χ3n) is 5.70. The number of allylic oxidation sites excluding steroid dienone is 5. The molecule has 5 aromatic rings. The number of H-pyrrole nitrogens is 2. The summed E-state index contributed by atoms with van der Waals surface area (Å²) in [5.41, 5.74) is 7.94. The lowest BCUT2D eigenvalue weighted by Crippen LogP contribution is -1.92. The Kier molecular flexibility index (Phi) is 5.18. The number of halogens is 1. The summed E-state index contributed by atoms with van der Waals surface area (Å²) >= 11 is 0. The molecule has 1 aromatic carbocycles. The quantitative estimate of drug-likeness (QED) is 0.297. The van der Waals surface area contributed by atoms with Crippen molar-refractivity contribution >= 4 is 27.5 Å². The summed E-state index contributed by atoms with van der Waals surface area (Å²) in [6.45, 7) is 7.82. The lowest BCUT2D eigenvalue weighted by atomic mass is 10.0. The number of aromatic amines is 2. The number of fused-ring (bicyclic) bond motifs is 2. The van der Waals surface area contributed by atoms with E-state index < -0.39 is 0 Å². The molecule has 4 heterocycles. The number of rotatable bonds is 5. The van der Waals surface area contributed by atoms with E-state index >= 15 is 0 Å². The Morgan fingerprint density at radius 3 is 2.70 bits per heavy atom. The van der Waals surface area contributed by atoms with Crippen LogP contribution in [0.3, 0.4) is 0 Å². The van der Waals surface area contributed by atoms with E-state index in [9.17, 15) is 4.39 Å². The smallest absolute Gasteiger partial charge is 0.135 e. The summed E-state index contributed by atoms with van der Waals surface area (Å²) < 4.78 is 14.5. The first-order valence-corrected chi connectivity index (χ1v) is 10.6. The zero-order chi connectivity index (χ0) is 22.9. The van der Waals surface area contributed by atoms with Crippen molar-refractivity contribution in [3.8, 4) is 22.6 Å². The van der Waals surface area contributed by atoms with Crippen LogP contribution in [0.2, 0.25) is 0 Å². The fourth-order valence-corrected chi connectivity index (χ4v) is 4.13. The molecule has 4 aromatic heterocycles. The number of benzene rings is 1. The van der Waals surface area contributed by atoms with Gasteiger partial charge < -0.3 is 4.98 Å². The molecule has 0 radical (unpaired) electrons. The normalized spacial score (nSPS) is 12.6. The topological polar surface area (TPSA) is 70.2 Å². The summed E-state index contributed by atoms with van der Waals surface area (Å²) in [5.74, 6) is -0.307. The van der Waals surface area contributed by atoms with Crippen LogP contribution in [-0.2, 0) is 0 Å². The van der Waals surface area contributed by atoms with Crippen LogP contribution in [0.15, 0.2) is 85.1 Å². The molecule has 2 N–H and O–H groups in total. The van der Waals surface area contributed by atoms with Crippen LogP contribution in [0.4, 0.5) is 4.39 Å². The lowest BCUT2D eigenvalue weighted by molar-refractivity contribution is 0.631. The first-order chi connectivity index (χ1) is 16.1. The van der Waals surface area contributed by atoms with Crippen LogP contribution in [0, 0.1) is 5.82 Å². The predicted octanol–water partition coefficient (Wildman–Crippen LogP) is 6.84. The van der Waals surface area contributed by atoms with Gasteiger partial charge in [0.1, 0.15) is 17.0 Å². The molecule has 5 nitrogen and oxygen atoms in total. The highest BCUT2D eigenvalue weighted by Crippen LogP contribution is 2.34. The van der Waals surface area contributed by atoms with Crippen molar-refractivity contribution in [2.45, 2.75) is 13.8 Å². The Morgan fingerprint density at radius 1 is 1.06 bits per heavy atom. The number of hydrogen-bond donors (Lipinski definition) is 2. The van der Waals surface area contributed by atoms with E-state index in [0.29, 0.717) is 17.0 Å². The Hall–Kier alpha value is -4.32. The number of hydrogen-bond acceptors (Lipinski definition) is 3. The molecule has 0 fully saturated rings. The molecule has 6 heteroatoms. The summed E-state index contributed by atoms with van der Waals surface area (Å²) in [6.07, 6.45) is 7.45. The van der Waals surface area contributed by atoms with Crippen molar-refractivity contribution in [1.82, 2.24) is 25.1 Å². The summed E-state index contributed by atoms with van der Waals surface area (Å²) in [6, 6.07) is 14.4. The van der Waals surface area contributed by atoms with Gasteiger partial charge in [0.15, 0.2) is 0 Å². The van der Waals surface area contributed by atoms with Gasteiger partial charge >= 0.3 is 0 Å². The van der Waals surface area contributed by atoms with E-state index in [1.807, 2.05) is 50.3 Å². The number of nitrogens with zero attached hydrogens (tertiary/aromatic N) is 3. The van der Waals surface area contributed by atoms with Gasteiger partial charge in [-0.3, -0.25) is 10.1 Å². The van der Waals surface area contributed by atoms with Crippen molar-refractivity contribution in [3.63, 3.8) is 0 Å². The third-order valence-corrected chi connectivity index (χ3v) is 5.70. The maximum absolute atomic E-state index is 14.5. The molecule has 0 bridgehead atoms. The third kappa shape index (κ3) is 3.55. The molecule has 0 aliphatic carbocycles. The van der Waals surface area contributed by atoms with Crippen LogP contribution in [0.1, 0.15) is 19.5 Å². The molecule has 0 aliphatic rings. The molecule has 0 atom stereocenters. The molecule has 5 rings (SSSR count). The standard InChI is InChI=1S/C27H22FN5/c1-4-8-16(3)17(5-2)21-11-12-23-26(31-21)27(33-32-23)24-15-19-22(30-24)13-14-29-25(19)18-9-6-7-10-20(18)28/h4-15,30H,1H2,2-3H3,(H,32,33)/b16-8-,17-5+. The van der Waals surface area contributed by atoms with Gasteiger partial charge in [-0.1, -0.05) is 36.9 Å². The van der Waals surface area contributed by atoms with Gasteiger partial charge in [0, 0.05) is 22.7 Å². The maximum atomic E-state index is 14.5. The Morgan fingerprint density at radius 2 is 1.91 bits per heavy atom. The first kappa shape index (κ1) is 20.6. The van der Waals surface area contributed by atoms with Gasteiger partial charge in [-0.15, -0.1) is 0 Å². The summed E-state index contributed by atoms with van der Waals surface area (Å²) in [7, 11) is 0. The zero-order valence-electron chi connectivity index (χ0n) is 18.4. The molecule has 0 unspecified atom stereocenters. The van der Waals surface area contributed by atoms with Crippen molar-refractivity contribution in [2.75, 3.05) is 0 Å². The molecular weight excluding hydrogens is 413 g/mol. The van der Waals surface area contributed by atoms with E-state index in [2.05, 4.69) is 26.7 Å². The highest BCUT2D eigenvalue weighted by atomic mass is 19.1. The van der Waals surface area contributed by atoms with E-state index in [1.54, 1.807) is 30.5 Å². The van der Waals surface area contributed by atoms with Gasteiger partial charge in [-0.2, -0.15) is 5.10 Å². The highest BCUT2D eigenvalue weighted by molar-refractivity contribution is 5.99. The first-order valence-electron chi connectivity index (χ1n) is 10.6. The van der Waals surface area contributed by atoms with Crippen molar-refractivity contribution in [2.24, 2.45) is 0 Å².